The summed E-state index contributed by atoms with van der Waals surface area (Å²) in [7, 11) is 0. The number of fused-ring (bicyclic) bond motifs is 1. The molecule has 3 heterocycles. The number of nitrogens with zero attached hydrogens (tertiary/aromatic N) is 4. The summed E-state index contributed by atoms with van der Waals surface area (Å²) in [5, 5.41) is 8.79. The van der Waals surface area contributed by atoms with Gasteiger partial charge in [-0.1, -0.05) is 47.7 Å². The van der Waals surface area contributed by atoms with Crippen LogP contribution in [0.4, 0.5) is 0 Å². The van der Waals surface area contributed by atoms with Crippen molar-refractivity contribution >= 4 is 11.0 Å². The summed E-state index contributed by atoms with van der Waals surface area (Å²) in [5.41, 5.74) is 3.28. The monoisotopic (exact) mass is 364 g/mol. The van der Waals surface area contributed by atoms with Crippen molar-refractivity contribution in [2.45, 2.75) is 18.7 Å². The van der Waals surface area contributed by atoms with E-state index in [2.05, 4.69) is 51.6 Å². The second kappa shape index (κ2) is 7.38. The third-order valence-corrected chi connectivity index (χ3v) is 5.71. The number of rotatable bonds is 4. The van der Waals surface area contributed by atoms with Crippen LogP contribution in [0.5, 0.6) is 0 Å². The van der Waals surface area contributed by atoms with Crippen molar-refractivity contribution in [3.63, 3.8) is 0 Å². The van der Waals surface area contributed by atoms with Gasteiger partial charge >= 0.3 is 0 Å². The molecule has 3 atom stereocenters. The van der Waals surface area contributed by atoms with Crippen LogP contribution in [0, 0.1) is 5.92 Å². The molecule has 0 radical (unpaired) electrons. The van der Waals surface area contributed by atoms with Crippen molar-refractivity contribution in [3.8, 4) is 0 Å². The Bertz CT molecular complexity index is 891. The minimum atomic E-state index is -0.106. The molecule has 6 nitrogen and oxygen atoms in total. The molecular weight excluding hydrogens is 340 g/mol. The molecule has 2 aromatic carbocycles. The van der Waals surface area contributed by atoms with Crippen molar-refractivity contribution in [1.29, 1.82) is 0 Å². The lowest BCUT2D eigenvalue weighted by Gasteiger charge is -2.39. The molecule has 0 aliphatic carbocycles. The van der Waals surface area contributed by atoms with Crippen LogP contribution in [0.2, 0.25) is 0 Å². The third kappa shape index (κ3) is 3.14. The Morgan fingerprint density at radius 2 is 1.70 bits per heavy atom. The van der Waals surface area contributed by atoms with Crippen molar-refractivity contribution in [2.24, 2.45) is 5.92 Å². The van der Waals surface area contributed by atoms with E-state index in [1.54, 1.807) is 0 Å². The summed E-state index contributed by atoms with van der Waals surface area (Å²) in [5.74, 6) is 0.315. The molecule has 0 unspecified atom stereocenters. The highest BCUT2D eigenvalue weighted by Gasteiger charge is 2.41. The molecule has 0 amide bonds. The Balaban J connectivity index is 1.54. The van der Waals surface area contributed by atoms with Crippen LogP contribution >= 0.6 is 0 Å². The molecule has 3 aromatic rings. The first-order valence-electron chi connectivity index (χ1n) is 9.70. The molecule has 1 aromatic heterocycles. The average Bonchev–Trinajstić information content (AvgIpc) is 3.37. The van der Waals surface area contributed by atoms with E-state index in [1.807, 2.05) is 22.9 Å². The molecule has 2 aliphatic heterocycles. The first-order valence-corrected chi connectivity index (χ1v) is 9.70. The van der Waals surface area contributed by atoms with Gasteiger partial charge in [0.1, 0.15) is 5.52 Å². The standard InChI is InChI=1S/C21H24N4O2/c1-2-6-16(7-3-1)20(24-11-14-26-15-12-24)17-10-13-27-21(17)25-19-9-5-4-8-18(19)22-23-25/h1-9,17,20-21H,10-15H2/t17-,20+,21-/m0/s1. The van der Waals surface area contributed by atoms with Crippen molar-refractivity contribution in [2.75, 3.05) is 32.9 Å². The fraction of sp³-hybridized carbons (Fsp3) is 0.429. The molecule has 2 aliphatic rings. The molecule has 0 N–H and O–H groups in total. The lowest BCUT2D eigenvalue weighted by atomic mass is 9.88. The molecule has 0 saturated carbocycles. The van der Waals surface area contributed by atoms with E-state index in [0.717, 1.165) is 50.4 Å². The number of benzene rings is 2. The van der Waals surface area contributed by atoms with Crippen LogP contribution in [0.25, 0.3) is 11.0 Å². The quantitative estimate of drug-likeness (QED) is 0.712. The van der Waals surface area contributed by atoms with E-state index in [0.29, 0.717) is 5.92 Å². The third-order valence-electron chi connectivity index (χ3n) is 5.71. The largest absolute Gasteiger partial charge is 0.379 e. The van der Waals surface area contributed by atoms with E-state index in [1.165, 1.54) is 5.56 Å². The highest BCUT2D eigenvalue weighted by atomic mass is 16.5. The first-order chi connectivity index (χ1) is 13.4. The zero-order valence-electron chi connectivity index (χ0n) is 15.3. The van der Waals surface area contributed by atoms with Gasteiger partial charge in [-0.05, 0) is 24.1 Å². The second-order valence-electron chi connectivity index (χ2n) is 7.24. The smallest absolute Gasteiger partial charge is 0.157 e. The Labute approximate surface area is 158 Å². The SMILES string of the molecule is c1ccc([C@H]([C@@H]2CCO[C@@H]2n2nnc3ccccc32)N2CCOCC2)cc1. The summed E-state index contributed by atoms with van der Waals surface area (Å²) < 4.78 is 13.8. The number of ether oxygens (including phenoxy) is 2. The Kier molecular flexibility index (Phi) is 4.61. The maximum absolute atomic E-state index is 6.21. The van der Waals surface area contributed by atoms with Gasteiger partial charge in [0.2, 0.25) is 0 Å². The normalized spacial score (nSPS) is 25.0. The van der Waals surface area contributed by atoms with Gasteiger partial charge < -0.3 is 9.47 Å². The lowest BCUT2D eigenvalue weighted by molar-refractivity contribution is -0.0344. The fourth-order valence-corrected chi connectivity index (χ4v) is 4.47. The Morgan fingerprint density at radius 3 is 2.56 bits per heavy atom. The topological polar surface area (TPSA) is 52.4 Å². The number of morpholine rings is 1. The maximum atomic E-state index is 6.21. The minimum Gasteiger partial charge on any atom is -0.379 e. The van der Waals surface area contributed by atoms with Crippen LogP contribution in [0.15, 0.2) is 54.6 Å². The summed E-state index contributed by atoms with van der Waals surface area (Å²) in [4.78, 5) is 2.55. The molecule has 2 saturated heterocycles. The number of hydrogen-bond donors (Lipinski definition) is 0. The van der Waals surface area contributed by atoms with Crippen LogP contribution in [-0.4, -0.2) is 52.8 Å². The highest BCUT2D eigenvalue weighted by Crippen LogP contribution is 2.43. The average molecular weight is 364 g/mol. The molecule has 2 fully saturated rings. The van der Waals surface area contributed by atoms with Crippen LogP contribution in [0.1, 0.15) is 24.3 Å². The van der Waals surface area contributed by atoms with E-state index < -0.39 is 0 Å². The highest BCUT2D eigenvalue weighted by molar-refractivity contribution is 5.73. The summed E-state index contributed by atoms with van der Waals surface area (Å²) >= 11 is 0. The summed E-state index contributed by atoms with van der Waals surface area (Å²) in [6, 6.07) is 19.2. The zero-order chi connectivity index (χ0) is 18.1. The van der Waals surface area contributed by atoms with E-state index in [-0.39, 0.29) is 12.3 Å². The lowest BCUT2D eigenvalue weighted by Crippen LogP contribution is -2.43. The van der Waals surface area contributed by atoms with Crippen molar-refractivity contribution < 1.29 is 9.47 Å². The molecule has 6 heteroatoms. The number of para-hydroxylation sites is 1. The molecule has 27 heavy (non-hydrogen) atoms. The zero-order valence-corrected chi connectivity index (χ0v) is 15.3. The molecule has 140 valence electrons. The molecule has 0 bridgehead atoms. The van der Waals surface area contributed by atoms with E-state index >= 15 is 0 Å². The number of hydrogen-bond acceptors (Lipinski definition) is 5. The van der Waals surface area contributed by atoms with Gasteiger partial charge in [0.05, 0.1) is 18.7 Å². The van der Waals surface area contributed by atoms with E-state index in [9.17, 15) is 0 Å². The Morgan fingerprint density at radius 1 is 0.926 bits per heavy atom. The predicted octanol–water partition coefficient (Wildman–Crippen LogP) is 3.04. The molecule has 0 spiro atoms. The second-order valence-corrected chi connectivity index (χ2v) is 7.24. The van der Waals surface area contributed by atoms with Crippen LogP contribution in [0.3, 0.4) is 0 Å². The van der Waals surface area contributed by atoms with Gasteiger partial charge in [0.25, 0.3) is 0 Å². The van der Waals surface area contributed by atoms with Crippen LogP contribution in [-0.2, 0) is 9.47 Å². The first kappa shape index (κ1) is 16.9. The summed E-state index contributed by atoms with van der Waals surface area (Å²) in [6.45, 7) is 4.21. The van der Waals surface area contributed by atoms with Gasteiger partial charge in [0.15, 0.2) is 6.23 Å². The fourth-order valence-electron chi connectivity index (χ4n) is 4.47. The van der Waals surface area contributed by atoms with E-state index in [4.69, 9.17) is 9.47 Å². The van der Waals surface area contributed by atoms with Crippen LogP contribution < -0.4 is 0 Å². The number of aromatic nitrogens is 3. The molecular formula is C21H24N4O2. The predicted molar refractivity (Wildman–Crippen MR) is 102 cm³/mol. The van der Waals surface area contributed by atoms with Gasteiger partial charge in [-0.3, -0.25) is 4.90 Å². The van der Waals surface area contributed by atoms with Crippen molar-refractivity contribution in [3.05, 3.63) is 60.2 Å². The molecule has 5 rings (SSSR count). The van der Waals surface area contributed by atoms with Gasteiger partial charge in [0, 0.05) is 31.7 Å². The summed E-state index contributed by atoms with van der Waals surface area (Å²) in [6.07, 6.45) is 0.904. The Hall–Kier alpha value is -2.28. The minimum absolute atomic E-state index is 0.106. The van der Waals surface area contributed by atoms with Crippen molar-refractivity contribution in [1.82, 2.24) is 19.9 Å². The van der Waals surface area contributed by atoms with Gasteiger partial charge in [-0.15, -0.1) is 5.10 Å². The van der Waals surface area contributed by atoms with Gasteiger partial charge in [-0.25, -0.2) is 4.68 Å². The van der Waals surface area contributed by atoms with Gasteiger partial charge in [-0.2, -0.15) is 0 Å². The maximum Gasteiger partial charge on any atom is 0.157 e.